The Bertz CT molecular complexity index is 799. The van der Waals surface area contributed by atoms with Gasteiger partial charge in [0, 0.05) is 0 Å². The Hall–Kier alpha value is -2.34. The van der Waals surface area contributed by atoms with Crippen LogP contribution in [0.1, 0.15) is 50.1 Å². The third-order valence-electron chi connectivity index (χ3n) is 5.20. The van der Waals surface area contributed by atoms with Gasteiger partial charge in [0.2, 0.25) is 0 Å². The minimum atomic E-state index is 1.35. The van der Waals surface area contributed by atoms with Gasteiger partial charge in [0.05, 0.1) is 0 Å². The standard InChI is InChI=1S/3C9H12/c2*1-7-4-5-8(2)9(3)6-7;1-7-5-4-6-8(2)9(7)3/h3*4-6H,1-3H3. The van der Waals surface area contributed by atoms with Gasteiger partial charge in [-0.05, 0) is 101 Å². The van der Waals surface area contributed by atoms with Gasteiger partial charge in [-0.25, -0.2) is 0 Å². The van der Waals surface area contributed by atoms with Crippen molar-refractivity contribution in [2.45, 2.75) is 62.3 Å². The van der Waals surface area contributed by atoms with Crippen molar-refractivity contribution in [3.8, 4) is 0 Å². The largest absolute Gasteiger partial charge is 0.0617 e. The van der Waals surface area contributed by atoms with Gasteiger partial charge in [0.25, 0.3) is 0 Å². The summed E-state index contributed by atoms with van der Waals surface area (Å²) >= 11 is 0. The van der Waals surface area contributed by atoms with E-state index >= 15 is 0 Å². The van der Waals surface area contributed by atoms with Gasteiger partial charge >= 0.3 is 0 Å². The Morgan fingerprint density at radius 3 is 1.00 bits per heavy atom. The van der Waals surface area contributed by atoms with Crippen LogP contribution >= 0.6 is 0 Å². The van der Waals surface area contributed by atoms with Crippen molar-refractivity contribution >= 4 is 0 Å². The van der Waals surface area contributed by atoms with Crippen molar-refractivity contribution in [2.24, 2.45) is 0 Å². The smallest absolute Gasteiger partial charge is 0.0392 e. The maximum atomic E-state index is 2.20. The van der Waals surface area contributed by atoms with Gasteiger partial charge < -0.3 is 0 Å². The Morgan fingerprint density at radius 1 is 0.370 bits per heavy atom. The van der Waals surface area contributed by atoms with Gasteiger partial charge in [0.1, 0.15) is 0 Å². The molecule has 3 aromatic rings. The van der Waals surface area contributed by atoms with Gasteiger partial charge in [0.15, 0.2) is 0 Å². The topological polar surface area (TPSA) is 0 Å². The van der Waals surface area contributed by atoms with E-state index in [1.807, 2.05) is 0 Å². The van der Waals surface area contributed by atoms with E-state index in [4.69, 9.17) is 0 Å². The first-order valence-corrected chi connectivity index (χ1v) is 9.72. The summed E-state index contributed by atoms with van der Waals surface area (Å²) in [5, 5.41) is 0. The molecular formula is C27H36. The van der Waals surface area contributed by atoms with Crippen LogP contribution in [-0.2, 0) is 0 Å². The van der Waals surface area contributed by atoms with Gasteiger partial charge in [-0.3, -0.25) is 0 Å². The van der Waals surface area contributed by atoms with Crippen LogP contribution in [0.5, 0.6) is 0 Å². The molecule has 3 rings (SSSR count). The van der Waals surface area contributed by atoms with Crippen LogP contribution in [0.4, 0.5) is 0 Å². The zero-order valence-corrected chi connectivity index (χ0v) is 18.7. The van der Waals surface area contributed by atoms with Crippen molar-refractivity contribution in [1.82, 2.24) is 0 Å². The molecule has 27 heavy (non-hydrogen) atoms. The lowest BCUT2D eigenvalue weighted by Crippen LogP contribution is -1.82. The zero-order chi connectivity index (χ0) is 20.6. The molecule has 0 saturated carbocycles. The summed E-state index contributed by atoms with van der Waals surface area (Å²) in [6.07, 6.45) is 0. The molecule has 0 heteroatoms. The fraction of sp³-hybridized carbons (Fsp3) is 0.333. The molecule has 0 bridgehead atoms. The Kier molecular flexibility index (Phi) is 9.02. The highest BCUT2D eigenvalue weighted by molar-refractivity contribution is 5.32. The molecule has 0 atom stereocenters. The summed E-state index contributed by atoms with van der Waals surface area (Å²) in [4.78, 5) is 0. The zero-order valence-electron chi connectivity index (χ0n) is 18.7. The molecule has 0 spiro atoms. The van der Waals surface area contributed by atoms with E-state index in [1.165, 1.54) is 50.1 Å². The lowest BCUT2D eigenvalue weighted by Gasteiger charge is -2.00. The molecule has 0 aromatic heterocycles. The van der Waals surface area contributed by atoms with Crippen LogP contribution in [0.3, 0.4) is 0 Å². The second-order valence-corrected chi connectivity index (χ2v) is 7.69. The van der Waals surface area contributed by atoms with Gasteiger partial charge in [-0.2, -0.15) is 0 Å². The number of aryl methyl sites for hydroxylation is 8. The number of rotatable bonds is 0. The van der Waals surface area contributed by atoms with Crippen molar-refractivity contribution in [2.75, 3.05) is 0 Å². The third kappa shape index (κ3) is 7.83. The SMILES string of the molecule is Cc1ccc(C)c(C)c1.Cc1ccc(C)c(C)c1.Cc1cccc(C)c1C. The number of hydrogen-bond donors (Lipinski definition) is 0. The first-order valence-electron chi connectivity index (χ1n) is 9.72. The summed E-state index contributed by atoms with van der Waals surface area (Å²) < 4.78 is 0. The Balaban J connectivity index is 0.000000202. The minimum Gasteiger partial charge on any atom is -0.0617 e. The van der Waals surface area contributed by atoms with Crippen molar-refractivity contribution in [3.63, 3.8) is 0 Å². The van der Waals surface area contributed by atoms with E-state index in [1.54, 1.807) is 0 Å². The van der Waals surface area contributed by atoms with E-state index in [0.717, 1.165) is 0 Å². The molecule has 0 heterocycles. The average molecular weight is 361 g/mol. The van der Waals surface area contributed by atoms with Gasteiger partial charge in [-0.15, -0.1) is 0 Å². The normalized spacial score (nSPS) is 9.67. The van der Waals surface area contributed by atoms with Crippen LogP contribution in [0.15, 0.2) is 54.6 Å². The molecule has 0 unspecified atom stereocenters. The van der Waals surface area contributed by atoms with E-state index in [2.05, 4.69) is 117 Å². The Morgan fingerprint density at radius 2 is 0.741 bits per heavy atom. The molecule has 0 amide bonds. The summed E-state index contributed by atoms with van der Waals surface area (Å²) in [5.74, 6) is 0. The average Bonchev–Trinajstić information content (AvgIpc) is 2.61. The highest BCUT2D eigenvalue weighted by Gasteiger charge is 1.92. The maximum Gasteiger partial charge on any atom is -0.0392 e. The predicted molar refractivity (Wildman–Crippen MR) is 122 cm³/mol. The van der Waals surface area contributed by atoms with E-state index in [0.29, 0.717) is 0 Å². The molecule has 0 aliphatic rings. The lowest BCUT2D eigenvalue weighted by atomic mass is 10.1. The van der Waals surface area contributed by atoms with Crippen LogP contribution in [0.2, 0.25) is 0 Å². The number of hydrogen-bond acceptors (Lipinski definition) is 0. The summed E-state index contributed by atoms with van der Waals surface area (Å²) in [7, 11) is 0. The van der Waals surface area contributed by atoms with Crippen LogP contribution in [0.25, 0.3) is 0 Å². The predicted octanol–water partition coefficient (Wildman–Crippen LogP) is 7.84. The quantitative estimate of drug-likeness (QED) is 0.383. The van der Waals surface area contributed by atoms with E-state index in [-0.39, 0.29) is 0 Å². The first kappa shape index (κ1) is 22.7. The third-order valence-corrected chi connectivity index (χ3v) is 5.20. The highest BCUT2D eigenvalue weighted by Crippen LogP contribution is 2.10. The molecule has 144 valence electrons. The molecule has 0 aliphatic heterocycles. The van der Waals surface area contributed by atoms with Crippen molar-refractivity contribution < 1.29 is 0 Å². The van der Waals surface area contributed by atoms with Crippen LogP contribution in [-0.4, -0.2) is 0 Å². The molecule has 0 saturated heterocycles. The second kappa shape index (κ2) is 10.7. The van der Waals surface area contributed by atoms with Crippen molar-refractivity contribution in [3.05, 3.63) is 105 Å². The molecule has 0 aliphatic carbocycles. The van der Waals surface area contributed by atoms with Crippen LogP contribution < -0.4 is 0 Å². The van der Waals surface area contributed by atoms with Crippen LogP contribution in [0, 0.1) is 62.3 Å². The molecule has 0 fully saturated rings. The lowest BCUT2D eigenvalue weighted by molar-refractivity contribution is 1.27. The molecule has 0 radical (unpaired) electrons. The summed E-state index contributed by atoms with van der Waals surface area (Å²) in [5.41, 5.74) is 12.4. The minimum absolute atomic E-state index is 1.35. The maximum absolute atomic E-state index is 2.20. The molecule has 0 nitrogen and oxygen atoms in total. The molecule has 3 aromatic carbocycles. The van der Waals surface area contributed by atoms with Crippen molar-refractivity contribution in [1.29, 1.82) is 0 Å². The summed E-state index contributed by atoms with van der Waals surface area (Å²) in [6.45, 7) is 19.2. The molecule has 0 N–H and O–H groups in total. The second-order valence-electron chi connectivity index (χ2n) is 7.69. The van der Waals surface area contributed by atoms with Gasteiger partial charge in [-0.1, -0.05) is 65.7 Å². The highest BCUT2D eigenvalue weighted by atomic mass is 14.0. The number of benzene rings is 3. The molecular weight excluding hydrogens is 324 g/mol. The fourth-order valence-corrected chi connectivity index (χ4v) is 2.68. The monoisotopic (exact) mass is 360 g/mol. The first-order chi connectivity index (χ1) is 12.6. The fourth-order valence-electron chi connectivity index (χ4n) is 2.68. The van der Waals surface area contributed by atoms with E-state index in [9.17, 15) is 0 Å². The summed E-state index contributed by atoms with van der Waals surface area (Å²) in [6, 6.07) is 19.4. The van der Waals surface area contributed by atoms with E-state index < -0.39 is 0 Å². The Labute approximate surface area is 167 Å².